The van der Waals surface area contributed by atoms with Crippen molar-refractivity contribution in [2.24, 2.45) is 0 Å². The van der Waals surface area contributed by atoms with Crippen LogP contribution >= 0.6 is 34.8 Å². The van der Waals surface area contributed by atoms with Crippen molar-refractivity contribution in [1.82, 2.24) is 0 Å². The number of halogens is 3. The molecule has 0 fully saturated rings. The zero-order valence-electron chi connectivity index (χ0n) is 7.63. The lowest BCUT2D eigenvalue weighted by atomic mass is 10.1. The van der Waals surface area contributed by atoms with Gasteiger partial charge in [0.25, 0.3) is 0 Å². The Labute approximate surface area is 93.8 Å². The minimum Gasteiger partial charge on any atom is -0.0839 e. The first-order valence-electron chi connectivity index (χ1n) is 4.27. The molecular weight excluding hydrogens is 226 g/mol. The summed E-state index contributed by atoms with van der Waals surface area (Å²) in [6.45, 7) is 4.06. The predicted octanol–water partition coefficient (Wildman–Crippen LogP) is 4.77. The number of benzene rings is 1. The molecule has 1 aromatic rings. The van der Waals surface area contributed by atoms with Crippen molar-refractivity contribution in [1.29, 1.82) is 0 Å². The van der Waals surface area contributed by atoms with E-state index in [2.05, 4.69) is 0 Å². The Balaban J connectivity index is 3.39. The molecule has 0 bridgehead atoms. The van der Waals surface area contributed by atoms with Crippen molar-refractivity contribution in [2.45, 2.75) is 26.7 Å². The molecule has 0 amide bonds. The lowest BCUT2D eigenvalue weighted by Gasteiger charge is -2.10. The van der Waals surface area contributed by atoms with Gasteiger partial charge in [0.05, 0.1) is 0 Å². The third-order valence-corrected chi connectivity index (χ3v) is 3.20. The fraction of sp³-hybridized carbons (Fsp3) is 0.400. The molecule has 0 radical (unpaired) electrons. The maximum atomic E-state index is 6.15. The monoisotopic (exact) mass is 236 g/mol. The third-order valence-electron chi connectivity index (χ3n) is 2.07. The molecule has 0 N–H and O–H groups in total. The quantitative estimate of drug-likeness (QED) is 0.695. The molecule has 1 rings (SSSR count). The van der Waals surface area contributed by atoms with Gasteiger partial charge in [-0.05, 0) is 30.0 Å². The fourth-order valence-corrected chi connectivity index (χ4v) is 2.62. The van der Waals surface area contributed by atoms with E-state index in [0.29, 0.717) is 10.0 Å². The Morgan fingerprint density at radius 2 is 1.31 bits per heavy atom. The van der Waals surface area contributed by atoms with Gasteiger partial charge in [-0.2, -0.15) is 0 Å². The van der Waals surface area contributed by atoms with E-state index in [1.807, 2.05) is 13.8 Å². The summed E-state index contributed by atoms with van der Waals surface area (Å²) < 4.78 is 0. The average Bonchev–Trinajstić information content (AvgIpc) is 2.04. The Hall–Kier alpha value is 0.0900. The van der Waals surface area contributed by atoms with Crippen LogP contribution in [0.4, 0.5) is 0 Å². The van der Waals surface area contributed by atoms with E-state index in [1.165, 1.54) is 0 Å². The summed E-state index contributed by atoms with van der Waals surface area (Å²) in [5.41, 5.74) is 1.98. The van der Waals surface area contributed by atoms with Crippen LogP contribution in [0.2, 0.25) is 15.1 Å². The number of hydrogen-bond donors (Lipinski definition) is 0. The molecule has 72 valence electrons. The second-order valence-corrected chi connectivity index (χ2v) is 4.01. The maximum absolute atomic E-state index is 6.15. The highest BCUT2D eigenvalue weighted by molar-refractivity contribution is 6.40. The summed E-state index contributed by atoms with van der Waals surface area (Å²) in [6, 6.07) is 1.77. The zero-order chi connectivity index (χ0) is 10.0. The summed E-state index contributed by atoms with van der Waals surface area (Å²) in [7, 11) is 0. The zero-order valence-corrected chi connectivity index (χ0v) is 9.89. The largest absolute Gasteiger partial charge is 0.0839 e. The Morgan fingerprint density at radius 1 is 0.923 bits per heavy atom. The highest BCUT2D eigenvalue weighted by atomic mass is 35.5. The summed E-state index contributed by atoms with van der Waals surface area (Å²) in [5.74, 6) is 0. The highest BCUT2D eigenvalue weighted by Crippen LogP contribution is 2.34. The Morgan fingerprint density at radius 3 is 1.62 bits per heavy atom. The first-order chi connectivity index (χ1) is 6.11. The van der Waals surface area contributed by atoms with E-state index in [4.69, 9.17) is 34.8 Å². The van der Waals surface area contributed by atoms with E-state index >= 15 is 0 Å². The SMILES string of the molecule is CCc1c(Cl)cc(Cl)c(CC)c1Cl. The molecule has 1 aromatic carbocycles. The Kier molecular flexibility index (Phi) is 3.90. The molecule has 0 unspecified atom stereocenters. The van der Waals surface area contributed by atoms with Gasteiger partial charge in [-0.25, -0.2) is 0 Å². The van der Waals surface area contributed by atoms with Crippen molar-refractivity contribution < 1.29 is 0 Å². The van der Waals surface area contributed by atoms with Crippen LogP contribution in [0.1, 0.15) is 25.0 Å². The number of hydrogen-bond acceptors (Lipinski definition) is 0. The summed E-state index contributed by atoms with van der Waals surface area (Å²) in [5, 5.41) is 2.05. The molecule has 3 heteroatoms. The van der Waals surface area contributed by atoms with Crippen LogP contribution in [0.15, 0.2) is 6.07 Å². The van der Waals surface area contributed by atoms with Gasteiger partial charge >= 0.3 is 0 Å². The normalized spacial score (nSPS) is 10.5. The maximum Gasteiger partial charge on any atom is 0.0499 e. The summed E-state index contributed by atoms with van der Waals surface area (Å²) in [6.07, 6.45) is 1.67. The lowest BCUT2D eigenvalue weighted by Crippen LogP contribution is -1.92. The van der Waals surface area contributed by atoms with Crippen LogP contribution in [0.5, 0.6) is 0 Å². The molecule has 0 heterocycles. The fourth-order valence-electron chi connectivity index (χ4n) is 1.33. The van der Waals surface area contributed by atoms with Gasteiger partial charge < -0.3 is 0 Å². The van der Waals surface area contributed by atoms with Crippen molar-refractivity contribution in [3.8, 4) is 0 Å². The van der Waals surface area contributed by atoms with Crippen LogP contribution < -0.4 is 0 Å². The van der Waals surface area contributed by atoms with E-state index in [0.717, 1.165) is 29.0 Å². The summed E-state index contributed by atoms with van der Waals surface area (Å²) in [4.78, 5) is 0. The van der Waals surface area contributed by atoms with E-state index in [9.17, 15) is 0 Å². The molecule has 0 saturated carbocycles. The van der Waals surface area contributed by atoms with Crippen LogP contribution in [0, 0.1) is 0 Å². The molecule has 0 nitrogen and oxygen atoms in total. The average molecular weight is 238 g/mol. The molecule has 0 spiro atoms. The van der Waals surface area contributed by atoms with E-state index in [-0.39, 0.29) is 0 Å². The van der Waals surface area contributed by atoms with Gasteiger partial charge in [0, 0.05) is 15.1 Å². The Bertz CT molecular complexity index is 290. The van der Waals surface area contributed by atoms with Gasteiger partial charge in [-0.15, -0.1) is 0 Å². The molecule has 13 heavy (non-hydrogen) atoms. The first kappa shape index (κ1) is 11.2. The molecule has 0 aliphatic rings. The van der Waals surface area contributed by atoms with Crippen molar-refractivity contribution >= 4 is 34.8 Å². The molecule has 0 atom stereocenters. The number of rotatable bonds is 2. The van der Waals surface area contributed by atoms with E-state index in [1.54, 1.807) is 6.07 Å². The van der Waals surface area contributed by atoms with Crippen molar-refractivity contribution in [3.05, 3.63) is 32.3 Å². The van der Waals surface area contributed by atoms with Gasteiger partial charge in [0.2, 0.25) is 0 Å². The smallest absolute Gasteiger partial charge is 0.0499 e. The molecule has 0 aliphatic heterocycles. The van der Waals surface area contributed by atoms with Crippen molar-refractivity contribution in [2.75, 3.05) is 0 Å². The van der Waals surface area contributed by atoms with Gasteiger partial charge in [0.1, 0.15) is 0 Å². The first-order valence-corrected chi connectivity index (χ1v) is 5.40. The molecule has 0 aromatic heterocycles. The van der Waals surface area contributed by atoms with Crippen LogP contribution in [0.25, 0.3) is 0 Å². The van der Waals surface area contributed by atoms with E-state index < -0.39 is 0 Å². The second kappa shape index (κ2) is 4.54. The van der Waals surface area contributed by atoms with Crippen LogP contribution in [0.3, 0.4) is 0 Å². The predicted molar refractivity (Wildman–Crippen MR) is 60.2 cm³/mol. The topological polar surface area (TPSA) is 0 Å². The standard InChI is InChI=1S/C10H11Cl3/c1-3-6-8(11)5-9(12)7(4-2)10(6)13/h5H,3-4H2,1-2H3. The highest BCUT2D eigenvalue weighted by Gasteiger charge is 2.11. The van der Waals surface area contributed by atoms with Crippen LogP contribution in [-0.4, -0.2) is 0 Å². The minimum absolute atomic E-state index is 0.662. The minimum atomic E-state index is 0.662. The lowest BCUT2D eigenvalue weighted by molar-refractivity contribution is 1.09. The van der Waals surface area contributed by atoms with Gasteiger partial charge in [0.15, 0.2) is 0 Å². The molecular formula is C10H11Cl3. The van der Waals surface area contributed by atoms with Gasteiger partial charge in [-0.3, -0.25) is 0 Å². The molecule has 0 saturated heterocycles. The third kappa shape index (κ3) is 2.12. The second-order valence-electron chi connectivity index (χ2n) is 2.82. The van der Waals surface area contributed by atoms with Crippen LogP contribution in [-0.2, 0) is 12.8 Å². The summed E-state index contributed by atoms with van der Waals surface area (Å²) >= 11 is 18.1. The van der Waals surface area contributed by atoms with Gasteiger partial charge in [-0.1, -0.05) is 48.7 Å². The molecule has 0 aliphatic carbocycles. The van der Waals surface area contributed by atoms with Crippen molar-refractivity contribution in [3.63, 3.8) is 0 Å².